The third-order valence-electron chi connectivity index (χ3n) is 4.79. The summed E-state index contributed by atoms with van der Waals surface area (Å²) >= 11 is 0. The van der Waals surface area contributed by atoms with E-state index in [4.69, 9.17) is 9.47 Å². The molecule has 0 fully saturated rings. The maximum absolute atomic E-state index is 12.5. The van der Waals surface area contributed by atoms with Gasteiger partial charge in [0.05, 0.1) is 11.4 Å². The van der Waals surface area contributed by atoms with Crippen LogP contribution in [0.15, 0.2) is 53.5 Å². The zero-order valence-electron chi connectivity index (χ0n) is 16.6. The molecule has 150 valence electrons. The number of para-hydroxylation sites is 3. The molecular formula is C22H23N3O4. The van der Waals surface area contributed by atoms with E-state index >= 15 is 0 Å². The molecule has 0 bridgehead atoms. The molecule has 29 heavy (non-hydrogen) atoms. The number of anilines is 1. The molecule has 1 aromatic heterocycles. The van der Waals surface area contributed by atoms with Gasteiger partial charge in [-0.2, -0.15) is 0 Å². The van der Waals surface area contributed by atoms with Gasteiger partial charge in [-0.1, -0.05) is 24.3 Å². The van der Waals surface area contributed by atoms with Crippen molar-refractivity contribution >= 4 is 11.6 Å². The van der Waals surface area contributed by atoms with Crippen LogP contribution in [0.4, 0.5) is 5.69 Å². The molecule has 0 radical (unpaired) electrons. The van der Waals surface area contributed by atoms with E-state index in [9.17, 15) is 9.59 Å². The largest absolute Gasteiger partial charge is 0.483 e. The quantitative estimate of drug-likeness (QED) is 0.697. The van der Waals surface area contributed by atoms with Gasteiger partial charge in [0, 0.05) is 23.9 Å². The molecule has 2 N–H and O–H groups in total. The number of nitrogens with one attached hydrogen (secondary N) is 2. The van der Waals surface area contributed by atoms with Gasteiger partial charge < -0.3 is 19.8 Å². The fourth-order valence-corrected chi connectivity index (χ4v) is 3.56. The highest BCUT2D eigenvalue weighted by Gasteiger charge is 2.32. The van der Waals surface area contributed by atoms with Crippen LogP contribution in [0.5, 0.6) is 11.5 Å². The Morgan fingerprint density at radius 2 is 2.03 bits per heavy atom. The van der Waals surface area contributed by atoms with Crippen molar-refractivity contribution < 1.29 is 14.3 Å². The van der Waals surface area contributed by atoms with Crippen molar-refractivity contribution in [2.45, 2.75) is 32.8 Å². The van der Waals surface area contributed by atoms with Gasteiger partial charge in [0.25, 0.3) is 5.91 Å². The van der Waals surface area contributed by atoms with Crippen molar-refractivity contribution in [3.63, 3.8) is 0 Å². The Morgan fingerprint density at radius 3 is 2.79 bits per heavy atom. The zero-order valence-corrected chi connectivity index (χ0v) is 16.6. The van der Waals surface area contributed by atoms with Crippen LogP contribution in [-0.4, -0.2) is 27.7 Å². The lowest BCUT2D eigenvalue weighted by atomic mass is 10.0. The van der Waals surface area contributed by atoms with Crippen molar-refractivity contribution in [3.05, 3.63) is 70.4 Å². The van der Waals surface area contributed by atoms with Gasteiger partial charge in [-0.25, -0.2) is 4.79 Å². The van der Waals surface area contributed by atoms with Crippen molar-refractivity contribution in [2.75, 3.05) is 11.9 Å². The molecule has 7 heteroatoms. The normalized spacial score (nSPS) is 14.2. The lowest BCUT2D eigenvalue weighted by molar-refractivity contribution is -0.118. The number of ether oxygens (including phenoxy) is 2. The topological polar surface area (TPSA) is 85.4 Å². The number of H-pyrrole nitrogens is 1. The van der Waals surface area contributed by atoms with Crippen LogP contribution < -0.4 is 20.5 Å². The maximum atomic E-state index is 12.5. The van der Waals surface area contributed by atoms with E-state index < -0.39 is 0 Å². The standard InChI is InChI=1S/C22H23N3O4/c1-14-12-23-21(27)25(14)17-9-5-4-8-16(17)24-19(26)13-28-18-10-6-7-15-11-22(2,3)29-20(15)18/h4-10,12H,11,13H2,1-3H3,(H,23,27)(H,24,26). The highest BCUT2D eigenvalue weighted by atomic mass is 16.5. The molecule has 1 aliphatic heterocycles. The first-order chi connectivity index (χ1) is 13.8. The number of aryl methyl sites for hydroxylation is 1. The van der Waals surface area contributed by atoms with Gasteiger partial charge in [-0.3, -0.25) is 9.36 Å². The second-order valence-electron chi connectivity index (χ2n) is 7.71. The number of hydrogen-bond donors (Lipinski definition) is 2. The Bertz CT molecular complexity index is 1130. The molecule has 7 nitrogen and oxygen atoms in total. The van der Waals surface area contributed by atoms with Crippen molar-refractivity contribution in [1.82, 2.24) is 9.55 Å². The molecule has 0 unspecified atom stereocenters. The second-order valence-corrected chi connectivity index (χ2v) is 7.71. The Balaban J connectivity index is 1.49. The predicted octanol–water partition coefficient (Wildman–Crippen LogP) is 3.21. The highest BCUT2D eigenvalue weighted by Crippen LogP contribution is 2.41. The predicted molar refractivity (Wildman–Crippen MR) is 110 cm³/mol. The monoisotopic (exact) mass is 393 g/mol. The van der Waals surface area contributed by atoms with E-state index in [0.29, 0.717) is 22.9 Å². The zero-order chi connectivity index (χ0) is 20.6. The molecule has 0 spiro atoms. The van der Waals surface area contributed by atoms with E-state index in [1.165, 1.54) is 4.57 Å². The number of fused-ring (bicyclic) bond motifs is 1. The van der Waals surface area contributed by atoms with Crippen molar-refractivity contribution in [2.24, 2.45) is 0 Å². The Morgan fingerprint density at radius 1 is 1.24 bits per heavy atom. The van der Waals surface area contributed by atoms with Crippen LogP contribution in [0.3, 0.4) is 0 Å². The number of rotatable bonds is 5. The average Bonchev–Trinajstić information content (AvgIpc) is 3.17. The minimum atomic E-state index is -0.325. The highest BCUT2D eigenvalue weighted by molar-refractivity contribution is 5.94. The van der Waals surface area contributed by atoms with Gasteiger partial charge in [0.1, 0.15) is 5.60 Å². The molecule has 2 aromatic carbocycles. The third-order valence-corrected chi connectivity index (χ3v) is 4.79. The lowest BCUT2D eigenvalue weighted by Crippen LogP contribution is -2.25. The number of hydrogen-bond acceptors (Lipinski definition) is 4. The SMILES string of the molecule is Cc1c[nH]c(=O)n1-c1ccccc1NC(=O)COc1cccc2c1OC(C)(C)C2. The summed E-state index contributed by atoms with van der Waals surface area (Å²) < 4.78 is 13.2. The Kier molecular flexibility index (Phi) is 4.66. The van der Waals surface area contributed by atoms with E-state index in [1.807, 2.05) is 39.0 Å². The van der Waals surface area contributed by atoms with Crippen LogP contribution in [-0.2, 0) is 11.2 Å². The number of benzene rings is 2. The van der Waals surface area contributed by atoms with Gasteiger partial charge in [0.15, 0.2) is 18.1 Å². The minimum absolute atomic E-state index is 0.171. The van der Waals surface area contributed by atoms with Gasteiger partial charge in [-0.15, -0.1) is 0 Å². The second kappa shape index (κ2) is 7.16. The van der Waals surface area contributed by atoms with Crippen LogP contribution in [0.1, 0.15) is 25.1 Å². The van der Waals surface area contributed by atoms with Crippen LogP contribution in [0, 0.1) is 6.92 Å². The van der Waals surface area contributed by atoms with E-state index in [0.717, 1.165) is 17.7 Å². The Labute approximate surface area is 168 Å². The number of carbonyl (C=O) groups excluding carboxylic acids is 1. The van der Waals surface area contributed by atoms with Gasteiger partial charge in [-0.05, 0) is 39.0 Å². The number of nitrogens with zero attached hydrogens (tertiary/aromatic N) is 1. The van der Waals surface area contributed by atoms with Crippen LogP contribution in [0.25, 0.3) is 5.69 Å². The molecule has 4 rings (SSSR count). The maximum Gasteiger partial charge on any atom is 0.330 e. The molecule has 1 aliphatic rings. The van der Waals surface area contributed by atoms with Crippen LogP contribution >= 0.6 is 0 Å². The van der Waals surface area contributed by atoms with Crippen LogP contribution in [0.2, 0.25) is 0 Å². The molecular weight excluding hydrogens is 370 g/mol. The smallest absolute Gasteiger partial charge is 0.330 e. The first kappa shape index (κ1) is 18.9. The summed E-state index contributed by atoms with van der Waals surface area (Å²) in [6.45, 7) is 5.68. The molecule has 3 aromatic rings. The van der Waals surface area contributed by atoms with E-state index in [2.05, 4.69) is 10.3 Å². The lowest BCUT2D eigenvalue weighted by Gasteiger charge is -2.18. The van der Waals surface area contributed by atoms with Crippen molar-refractivity contribution in [3.8, 4) is 17.2 Å². The van der Waals surface area contributed by atoms with Crippen molar-refractivity contribution in [1.29, 1.82) is 0 Å². The fourth-order valence-electron chi connectivity index (χ4n) is 3.56. The first-order valence-corrected chi connectivity index (χ1v) is 9.44. The van der Waals surface area contributed by atoms with Gasteiger partial charge >= 0.3 is 5.69 Å². The summed E-state index contributed by atoms with van der Waals surface area (Å²) in [4.78, 5) is 27.3. The third kappa shape index (κ3) is 3.76. The summed E-state index contributed by atoms with van der Waals surface area (Å²) in [5.74, 6) is 0.919. The number of aromatic nitrogens is 2. The summed E-state index contributed by atoms with van der Waals surface area (Å²) in [7, 11) is 0. The molecule has 0 saturated carbocycles. The summed E-state index contributed by atoms with van der Waals surface area (Å²) in [6, 6.07) is 12.8. The first-order valence-electron chi connectivity index (χ1n) is 9.44. The molecule has 1 amide bonds. The van der Waals surface area contributed by atoms with E-state index in [-0.39, 0.29) is 23.8 Å². The Hall–Kier alpha value is -3.48. The number of aromatic amines is 1. The summed E-state index contributed by atoms with van der Waals surface area (Å²) in [5.41, 5.74) is 2.38. The van der Waals surface area contributed by atoms with E-state index in [1.54, 1.807) is 30.5 Å². The molecule has 0 saturated heterocycles. The molecule has 0 atom stereocenters. The minimum Gasteiger partial charge on any atom is -0.483 e. The summed E-state index contributed by atoms with van der Waals surface area (Å²) in [6.07, 6.45) is 2.42. The fraction of sp³-hybridized carbons (Fsp3) is 0.273. The number of imidazole rings is 1. The average molecular weight is 393 g/mol. The number of amides is 1. The number of carbonyl (C=O) groups is 1. The summed E-state index contributed by atoms with van der Waals surface area (Å²) in [5, 5.41) is 2.83. The van der Waals surface area contributed by atoms with Gasteiger partial charge in [0.2, 0.25) is 0 Å². The molecule has 0 aliphatic carbocycles. The molecule has 2 heterocycles.